The van der Waals surface area contributed by atoms with Crippen molar-refractivity contribution >= 4 is 5.78 Å². The van der Waals surface area contributed by atoms with Gasteiger partial charge in [-0.3, -0.25) is 4.79 Å². The van der Waals surface area contributed by atoms with Crippen molar-refractivity contribution in [2.24, 2.45) is 28.6 Å². The number of rotatable bonds is 0. The fourth-order valence-electron chi connectivity index (χ4n) is 5.18. The summed E-state index contributed by atoms with van der Waals surface area (Å²) in [5.41, 5.74) is -0.552. The summed E-state index contributed by atoms with van der Waals surface area (Å²) in [5.74, 6) is 1.80. The van der Waals surface area contributed by atoms with E-state index in [1.165, 1.54) is 0 Å². The molecule has 2 nitrogen and oxygen atoms in total. The lowest BCUT2D eigenvalue weighted by molar-refractivity contribution is -0.133. The average molecular weight is 236 g/mol. The van der Waals surface area contributed by atoms with Gasteiger partial charge < -0.3 is 5.11 Å². The molecule has 0 aromatic heterocycles. The summed E-state index contributed by atoms with van der Waals surface area (Å²) >= 11 is 0. The molecule has 0 radical (unpaired) electrons. The molecule has 0 aromatic rings. The number of Topliss-reactive ketones (excluding diaryl/α,β-unsaturated/α-hetero) is 1. The molecule has 17 heavy (non-hydrogen) atoms. The van der Waals surface area contributed by atoms with Crippen molar-refractivity contribution in [3.8, 4) is 0 Å². The number of aliphatic hydroxyl groups is 1. The zero-order valence-electron chi connectivity index (χ0n) is 11.4. The maximum Gasteiger partial charge on any atom is 0.139 e. The molecule has 5 unspecified atom stereocenters. The number of hydrogen-bond donors (Lipinski definition) is 1. The Morgan fingerprint density at radius 2 is 1.82 bits per heavy atom. The summed E-state index contributed by atoms with van der Waals surface area (Å²) < 4.78 is 0. The largest absolute Gasteiger partial charge is 0.390 e. The molecule has 96 valence electrons. The van der Waals surface area contributed by atoms with Gasteiger partial charge in [0.2, 0.25) is 0 Å². The first kappa shape index (κ1) is 11.7. The van der Waals surface area contributed by atoms with Crippen LogP contribution in [0.4, 0.5) is 0 Å². The molecule has 0 amide bonds. The molecule has 0 aliphatic heterocycles. The van der Waals surface area contributed by atoms with E-state index in [-0.39, 0.29) is 11.3 Å². The number of hydrogen-bond acceptors (Lipinski definition) is 2. The van der Waals surface area contributed by atoms with Crippen molar-refractivity contribution in [3.63, 3.8) is 0 Å². The number of carbonyl (C=O) groups is 1. The molecule has 3 fully saturated rings. The highest BCUT2D eigenvalue weighted by atomic mass is 16.3. The standard InChI is InChI=1S/C15H24O2/c1-13(2)9-5-6-10(16)14(3)7-8-15(4,17)12(14)11(9)13/h9,11-12,17H,5-8H2,1-4H3. The van der Waals surface area contributed by atoms with Crippen LogP contribution in [0.2, 0.25) is 0 Å². The zero-order valence-corrected chi connectivity index (χ0v) is 11.4. The van der Waals surface area contributed by atoms with E-state index in [0.717, 1.165) is 25.7 Å². The molecule has 0 spiro atoms. The maximum absolute atomic E-state index is 12.4. The third-order valence-corrected chi connectivity index (χ3v) is 6.32. The van der Waals surface area contributed by atoms with E-state index in [9.17, 15) is 9.90 Å². The highest BCUT2D eigenvalue weighted by Crippen LogP contribution is 2.72. The van der Waals surface area contributed by atoms with Crippen LogP contribution in [0, 0.1) is 28.6 Å². The van der Waals surface area contributed by atoms with Crippen molar-refractivity contribution in [1.82, 2.24) is 0 Å². The van der Waals surface area contributed by atoms with Crippen LogP contribution in [-0.4, -0.2) is 16.5 Å². The van der Waals surface area contributed by atoms with E-state index >= 15 is 0 Å². The van der Waals surface area contributed by atoms with E-state index in [2.05, 4.69) is 20.8 Å². The Morgan fingerprint density at radius 1 is 1.18 bits per heavy atom. The van der Waals surface area contributed by atoms with Crippen molar-refractivity contribution in [2.45, 2.75) is 59.0 Å². The van der Waals surface area contributed by atoms with E-state index < -0.39 is 5.60 Å². The fourth-order valence-corrected chi connectivity index (χ4v) is 5.18. The summed E-state index contributed by atoms with van der Waals surface area (Å²) in [6.07, 6.45) is 3.44. The minimum absolute atomic E-state index is 0.185. The molecule has 0 saturated heterocycles. The second-order valence-corrected chi connectivity index (χ2v) is 7.67. The molecule has 3 aliphatic carbocycles. The highest BCUT2D eigenvalue weighted by Gasteiger charge is 2.71. The Kier molecular flexibility index (Phi) is 2.04. The Bertz CT molecular complexity index is 382. The van der Waals surface area contributed by atoms with Crippen LogP contribution in [0.25, 0.3) is 0 Å². The summed E-state index contributed by atoms with van der Waals surface area (Å²) in [4.78, 5) is 12.4. The van der Waals surface area contributed by atoms with Gasteiger partial charge in [-0.1, -0.05) is 20.8 Å². The van der Waals surface area contributed by atoms with Crippen LogP contribution < -0.4 is 0 Å². The van der Waals surface area contributed by atoms with Gasteiger partial charge >= 0.3 is 0 Å². The van der Waals surface area contributed by atoms with Crippen molar-refractivity contribution in [2.75, 3.05) is 0 Å². The van der Waals surface area contributed by atoms with Gasteiger partial charge in [-0.15, -0.1) is 0 Å². The quantitative estimate of drug-likeness (QED) is 0.702. The lowest BCUT2D eigenvalue weighted by Gasteiger charge is -2.36. The van der Waals surface area contributed by atoms with Crippen LogP contribution in [0.5, 0.6) is 0 Å². The van der Waals surface area contributed by atoms with Crippen molar-refractivity contribution in [3.05, 3.63) is 0 Å². The van der Waals surface area contributed by atoms with E-state index in [4.69, 9.17) is 0 Å². The topological polar surface area (TPSA) is 37.3 Å². The molecule has 3 saturated carbocycles. The van der Waals surface area contributed by atoms with E-state index in [1.807, 2.05) is 6.92 Å². The first-order chi connectivity index (χ1) is 7.71. The van der Waals surface area contributed by atoms with Crippen molar-refractivity contribution < 1.29 is 9.90 Å². The van der Waals surface area contributed by atoms with Gasteiger partial charge in [-0.2, -0.15) is 0 Å². The molecular weight excluding hydrogens is 212 g/mol. The Labute approximate surface area is 104 Å². The molecule has 2 heteroatoms. The first-order valence-corrected chi connectivity index (χ1v) is 6.97. The van der Waals surface area contributed by atoms with E-state index in [1.54, 1.807) is 0 Å². The highest BCUT2D eigenvalue weighted by molar-refractivity contribution is 5.86. The van der Waals surface area contributed by atoms with Gasteiger partial charge in [0, 0.05) is 17.8 Å². The van der Waals surface area contributed by atoms with Crippen LogP contribution in [-0.2, 0) is 4.79 Å². The second-order valence-electron chi connectivity index (χ2n) is 7.67. The van der Waals surface area contributed by atoms with Gasteiger partial charge in [0.15, 0.2) is 0 Å². The van der Waals surface area contributed by atoms with Gasteiger partial charge in [-0.25, -0.2) is 0 Å². The van der Waals surface area contributed by atoms with Crippen LogP contribution in [0.15, 0.2) is 0 Å². The molecule has 3 rings (SSSR count). The van der Waals surface area contributed by atoms with Gasteiger partial charge in [-0.05, 0) is 43.4 Å². The zero-order chi connectivity index (χ0) is 12.6. The average Bonchev–Trinajstić information content (AvgIpc) is 2.67. The molecule has 5 atom stereocenters. The van der Waals surface area contributed by atoms with Crippen LogP contribution in [0.3, 0.4) is 0 Å². The number of fused-ring (bicyclic) bond motifs is 3. The van der Waals surface area contributed by atoms with Gasteiger partial charge in [0.25, 0.3) is 0 Å². The lowest BCUT2D eigenvalue weighted by Crippen LogP contribution is -2.42. The molecular formula is C15H24O2. The lowest BCUT2D eigenvalue weighted by atomic mass is 9.69. The van der Waals surface area contributed by atoms with E-state index in [0.29, 0.717) is 23.0 Å². The first-order valence-electron chi connectivity index (χ1n) is 6.97. The summed E-state index contributed by atoms with van der Waals surface area (Å²) in [6.45, 7) is 8.69. The summed E-state index contributed by atoms with van der Waals surface area (Å²) in [7, 11) is 0. The summed E-state index contributed by atoms with van der Waals surface area (Å²) in [6, 6.07) is 0. The Hall–Kier alpha value is -0.370. The minimum atomic E-state index is -0.633. The molecule has 0 bridgehead atoms. The van der Waals surface area contributed by atoms with Gasteiger partial charge in [0.1, 0.15) is 5.78 Å². The molecule has 0 aromatic carbocycles. The fraction of sp³-hybridized carbons (Fsp3) is 0.933. The molecule has 0 heterocycles. The SMILES string of the molecule is CC1(O)CCC2(C)C(=O)CCC3C(C12)C3(C)C. The normalized spacial score (nSPS) is 56.1. The summed E-state index contributed by atoms with van der Waals surface area (Å²) in [5, 5.41) is 10.7. The van der Waals surface area contributed by atoms with Gasteiger partial charge in [0.05, 0.1) is 5.60 Å². The predicted octanol–water partition coefficient (Wildman–Crippen LogP) is 2.79. The monoisotopic (exact) mass is 236 g/mol. The van der Waals surface area contributed by atoms with Crippen LogP contribution in [0.1, 0.15) is 53.4 Å². The predicted molar refractivity (Wildman–Crippen MR) is 66.5 cm³/mol. The third-order valence-electron chi connectivity index (χ3n) is 6.32. The third kappa shape index (κ3) is 1.28. The number of carbonyl (C=O) groups excluding carboxylic acids is 1. The molecule has 3 aliphatic rings. The minimum Gasteiger partial charge on any atom is -0.390 e. The maximum atomic E-state index is 12.4. The molecule has 1 N–H and O–H groups in total. The second kappa shape index (κ2) is 2.96. The van der Waals surface area contributed by atoms with Crippen LogP contribution >= 0.6 is 0 Å². The van der Waals surface area contributed by atoms with Crippen molar-refractivity contribution in [1.29, 1.82) is 0 Å². The smallest absolute Gasteiger partial charge is 0.139 e. The Balaban J connectivity index is 2.06. The number of ketones is 1. The Morgan fingerprint density at radius 3 is 2.47 bits per heavy atom.